The van der Waals surface area contributed by atoms with Crippen molar-refractivity contribution < 1.29 is 27.1 Å². The fourth-order valence-corrected chi connectivity index (χ4v) is 1.18. The first-order chi connectivity index (χ1) is 7.70. The molecule has 0 bridgehead atoms. The van der Waals surface area contributed by atoms with E-state index in [1.807, 2.05) is 30.3 Å². The molecule has 0 radical (unpaired) electrons. The molecule has 1 atom stereocenters. The summed E-state index contributed by atoms with van der Waals surface area (Å²) in [4.78, 5) is 9.42. The number of nitro groups is 1. The third kappa shape index (κ3) is 6.68. The minimum atomic E-state index is -0.972. The molecule has 0 aliphatic carbocycles. The van der Waals surface area contributed by atoms with Crippen LogP contribution in [0.2, 0.25) is 0 Å². The minimum Gasteiger partial charge on any atom is -0.384 e. The van der Waals surface area contributed by atoms with Crippen LogP contribution in [0.1, 0.15) is 11.7 Å². The van der Waals surface area contributed by atoms with Gasteiger partial charge in [0.05, 0.1) is 0 Å². The van der Waals surface area contributed by atoms with Crippen molar-refractivity contribution in [2.45, 2.75) is 6.10 Å². The van der Waals surface area contributed by atoms with Crippen molar-refractivity contribution in [2.24, 2.45) is 0 Å². The van der Waals surface area contributed by atoms with E-state index < -0.39 is 17.6 Å². The second kappa shape index (κ2) is 8.70. The Hall–Kier alpha value is -1.42. The first kappa shape index (κ1) is 15.6. The van der Waals surface area contributed by atoms with Crippen LogP contribution in [-0.2, 0) is 17.1 Å². The maximum atomic E-state index is 9.95. The Balaban J connectivity index is 0.000000360. The summed E-state index contributed by atoms with van der Waals surface area (Å²) in [6.07, 6.45) is -0.972. The van der Waals surface area contributed by atoms with Crippen molar-refractivity contribution in [1.29, 1.82) is 0 Å². The van der Waals surface area contributed by atoms with E-state index in [1.54, 1.807) is 24.3 Å². The van der Waals surface area contributed by atoms with Gasteiger partial charge in [0.2, 0.25) is 6.54 Å². The van der Waals surface area contributed by atoms with Gasteiger partial charge in [0.1, 0.15) is 6.10 Å². The first-order valence-corrected chi connectivity index (χ1v) is 4.88. The van der Waals surface area contributed by atoms with Crippen LogP contribution in [0.4, 0.5) is 0 Å². The molecule has 17 heavy (non-hydrogen) atoms. The van der Waals surface area contributed by atoms with Crippen molar-refractivity contribution in [3.8, 4) is 0 Å². The number of aliphatic hydroxyl groups is 1. The van der Waals surface area contributed by atoms with E-state index in [2.05, 4.69) is 0 Å². The second-order valence-electron chi connectivity index (χ2n) is 3.21. The molecule has 92 valence electrons. The average molecular weight is 275 g/mol. The smallest absolute Gasteiger partial charge is 0.384 e. The molecule has 0 saturated carbocycles. The molecule has 2 aromatic rings. The van der Waals surface area contributed by atoms with E-state index in [0.29, 0.717) is 5.56 Å². The molecule has 0 aliphatic rings. The molecular formula is C12H13FeNO3. The predicted octanol–water partition coefficient (Wildman–Crippen LogP) is 2.12. The van der Waals surface area contributed by atoms with Crippen LogP contribution in [-0.4, -0.2) is 16.6 Å². The third-order valence-corrected chi connectivity index (χ3v) is 1.95. The van der Waals surface area contributed by atoms with Crippen molar-refractivity contribution in [2.75, 3.05) is 6.54 Å². The van der Waals surface area contributed by atoms with E-state index in [9.17, 15) is 10.1 Å². The molecule has 5 heteroatoms. The number of aliphatic hydroxyl groups excluding tert-OH is 1. The molecule has 2 aromatic carbocycles. The van der Waals surface area contributed by atoms with Crippen LogP contribution in [0, 0.1) is 10.1 Å². The van der Waals surface area contributed by atoms with Crippen molar-refractivity contribution in [3.63, 3.8) is 0 Å². The summed E-state index contributed by atoms with van der Waals surface area (Å²) in [6, 6.07) is 16.8. The molecule has 4 nitrogen and oxygen atoms in total. The van der Waals surface area contributed by atoms with E-state index >= 15 is 0 Å². The molecule has 0 aromatic heterocycles. The van der Waals surface area contributed by atoms with Gasteiger partial charge in [-0.3, -0.25) is 10.1 Å². The van der Waals surface area contributed by atoms with Crippen LogP contribution in [0.25, 0.3) is 0 Å². The first-order valence-electron chi connectivity index (χ1n) is 4.88. The SMILES string of the molecule is O=[N+]([O-])CC(O)c1ccc[cH-]1.[Fe+2].c1cc[cH-]c1. The number of hydrogen-bond acceptors (Lipinski definition) is 3. The Morgan fingerprint density at radius 1 is 1.29 bits per heavy atom. The van der Waals surface area contributed by atoms with Crippen molar-refractivity contribution in [3.05, 3.63) is 70.3 Å². The molecule has 0 saturated heterocycles. The van der Waals surface area contributed by atoms with Crippen LogP contribution in [0.5, 0.6) is 0 Å². The molecule has 0 heterocycles. The van der Waals surface area contributed by atoms with Gasteiger partial charge in [0.25, 0.3) is 0 Å². The maximum absolute atomic E-state index is 9.95. The Morgan fingerprint density at radius 2 is 1.94 bits per heavy atom. The summed E-state index contributed by atoms with van der Waals surface area (Å²) >= 11 is 0. The normalized spacial score (nSPS) is 10.6. The molecule has 1 N–H and O–H groups in total. The fourth-order valence-electron chi connectivity index (χ4n) is 1.18. The average Bonchev–Trinajstić information content (AvgIpc) is 2.94. The van der Waals surface area contributed by atoms with E-state index in [-0.39, 0.29) is 17.1 Å². The van der Waals surface area contributed by atoms with Gasteiger partial charge in [-0.25, -0.2) is 24.3 Å². The van der Waals surface area contributed by atoms with Gasteiger partial charge < -0.3 is 5.11 Å². The van der Waals surface area contributed by atoms with Gasteiger partial charge in [-0.05, 0) is 0 Å². The summed E-state index contributed by atoms with van der Waals surface area (Å²) in [5.41, 5.74) is 0.599. The summed E-state index contributed by atoms with van der Waals surface area (Å²) in [6.45, 7) is -0.427. The van der Waals surface area contributed by atoms with Crippen LogP contribution >= 0.6 is 0 Å². The standard InChI is InChI=1S/C7H8NO3.C5H5.Fe/c9-7(5-8(10)11)6-3-1-2-4-6;1-2-4-5-3-1;/h1-4,7,9H,5H2;1-5H;/q2*-1;+2. The Morgan fingerprint density at radius 3 is 2.29 bits per heavy atom. The van der Waals surface area contributed by atoms with Crippen LogP contribution in [0.15, 0.2) is 54.6 Å². The molecule has 0 amide bonds. The van der Waals surface area contributed by atoms with Gasteiger partial charge in [0, 0.05) is 4.92 Å². The molecule has 0 spiro atoms. The monoisotopic (exact) mass is 275 g/mol. The molecule has 1 unspecified atom stereocenters. The van der Waals surface area contributed by atoms with Crippen LogP contribution in [0.3, 0.4) is 0 Å². The minimum absolute atomic E-state index is 0. The zero-order valence-corrected chi connectivity index (χ0v) is 10.1. The van der Waals surface area contributed by atoms with E-state index in [4.69, 9.17) is 5.11 Å². The molecule has 2 rings (SSSR count). The summed E-state index contributed by atoms with van der Waals surface area (Å²) < 4.78 is 0. The Bertz CT molecular complexity index is 367. The summed E-state index contributed by atoms with van der Waals surface area (Å²) in [7, 11) is 0. The Labute approximate surface area is 110 Å². The van der Waals surface area contributed by atoms with Gasteiger partial charge in [-0.2, -0.15) is 30.3 Å². The number of hydrogen-bond donors (Lipinski definition) is 1. The Kier molecular flexibility index (Phi) is 7.97. The van der Waals surface area contributed by atoms with Gasteiger partial charge >= 0.3 is 17.1 Å². The van der Waals surface area contributed by atoms with Crippen molar-refractivity contribution >= 4 is 0 Å². The summed E-state index contributed by atoms with van der Waals surface area (Å²) in [5.74, 6) is 0. The molecular weight excluding hydrogens is 262 g/mol. The largest absolute Gasteiger partial charge is 2.00 e. The second-order valence-corrected chi connectivity index (χ2v) is 3.21. The molecule has 0 fully saturated rings. The van der Waals surface area contributed by atoms with Gasteiger partial charge in [-0.15, -0.1) is 5.56 Å². The topological polar surface area (TPSA) is 63.4 Å². The zero-order chi connectivity index (χ0) is 11.8. The third-order valence-electron chi connectivity index (χ3n) is 1.95. The zero-order valence-electron chi connectivity index (χ0n) is 9.05. The maximum Gasteiger partial charge on any atom is 2.00 e. The van der Waals surface area contributed by atoms with Gasteiger partial charge in [-0.1, -0.05) is 0 Å². The fraction of sp³-hybridized carbons (Fsp3) is 0.167. The number of rotatable bonds is 3. The van der Waals surface area contributed by atoms with Gasteiger partial charge in [0.15, 0.2) is 0 Å². The summed E-state index contributed by atoms with van der Waals surface area (Å²) in [5, 5.41) is 19.1. The quantitative estimate of drug-likeness (QED) is 0.404. The van der Waals surface area contributed by atoms with E-state index in [1.165, 1.54) is 0 Å². The van der Waals surface area contributed by atoms with Crippen molar-refractivity contribution in [1.82, 2.24) is 0 Å². The molecule has 0 aliphatic heterocycles. The number of nitrogens with zero attached hydrogens (tertiary/aromatic N) is 1. The van der Waals surface area contributed by atoms with Crippen LogP contribution < -0.4 is 0 Å². The van der Waals surface area contributed by atoms with E-state index in [0.717, 1.165) is 0 Å². The predicted molar refractivity (Wildman–Crippen MR) is 60.9 cm³/mol.